The maximum atomic E-state index is 4.52. The molecule has 0 amide bonds. The summed E-state index contributed by atoms with van der Waals surface area (Å²) in [6.45, 7) is 3.08. The van der Waals surface area contributed by atoms with Gasteiger partial charge in [-0.25, -0.2) is 4.98 Å². The van der Waals surface area contributed by atoms with Crippen molar-refractivity contribution in [2.24, 2.45) is 0 Å². The van der Waals surface area contributed by atoms with Crippen LogP contribution in [0.1, 0.15) is 13.3 Å². The summed E-state index contributed by atoms with van der Waals surface area (Å²) in [5.41, 5.74) is 1.05. The molecule has 0 atom stereocenters. The first-order valence-corrected chi connectivity index (χ1v) is 7.66. The van der Waals surface area contributed by atoms with E-state index in [9.17, 15) is 0 Å². The molecule has 1 aromatic heterocycles. The molecule has 4 heteroatoms. The molecule has 0 spiro atoms. The molecule has 0 saturated heterocycles. The van der Waals surface area contributed by atoms with E-state index in [1.807, 2.05) is 18.2 Å². The molecule has 0 fully saturated rings. The molecule has 0 aliphatic rings. The fourth-order valence-corrected chi connectivity index (χ4v) is 2.09. The van der Waals surface area contributed by atoms with Gasteiger partial charge in [0.05, 0.1) is 0 Å². The zero-order valence-electron chi connectivity index (χ0n) is 11.3. The Morgan fingerprint density at radius 1 is 1.05 bits per heavy atom. The van der Waals surface area contributed by atoms with Crippen molar-refractivity contribution in [3.8, 4) is 0 Å². The first-order valence-electron chi connectivity index (χ1n) is 6.44. The summed E-state index contributed by atoms with van der Waals surface area (Å²) in [6.07, 6.45) is 3.17. The summed E-state index contributed by atoms with van der Waals surface area (Å²) in [5, 5.41) is 6.60. The number of anilines is 3. The van der Waals surface area contributed by atoms with Crippen molar-refractivity contribution in [1.29, 1.82) is 0 Å². The quantitative estimate of drug-likeness (QED) is 0.766. The third kappa shape index (κ3) is 4.17. The van der Waals surface area contributed by atoms with Crippen LogP contribution >= 0.6 is 11.8 Å². The van der Waals surface area contributed by atoms with Crippen molar-refractivity contribution in [2.75, 3.05) is 23.4 Å². The van der Waals surface area contributed by atoms with E-state index in [0.717, 1.165) is 30.3 Å². The molecule has 2 N–H and O–H groups in total. The number of rotatable bonds is 6. The smallest absolute Gasteiger partial charge is 0.132 e. The van der Waals surface area contributed by atoms with E-state index in [1.54, 1.807) is 11.8 Å². The van der Waals surface area contributed by atoms with E-state index in [4.69, 9.17) is 0 Å². The van der Waals surface area contributed by atoms with Gasteiger partial charge in [0.1, 0.15) is 11.6 Å². The Bertz CT molecular complexity index is 511. The number of nitrogens with one attached hydrogen (secondary N) is 2. The Morgan fingerprint density at radius 3 is 2.47 bits per heavy atom. The van der Waals surface area contributed by atoms with E-state index in [1.165, 1.54) is 4.90 Å². The van der Waals surface area contributed by atoms with Crippen LogP contribution in [-0.2, 0) is 0 Å². The number of hydrogen-bond acceptors (Lipinski definition) is 4. The molecule has 0 aliphatic heterocycles. The second-order valence-electron chi connectivity index (χ2n) is 4.19. The summed E-state index contributed by atoms with van der Waals surface area (Å²) < 4.78 is 0. The Balaban J connectivity index is 2.05. The van der Waals surface area contributed by atoms with Crippen LogP contribution in [0.5, 0.6) is 0 Å². The average molecular weight is 273 g/mol. The predicted molar refractivity (Wildman–Crippen MR) is 84.5 cm³/mol. The van der Waals surface area contributed by atoms with E-state index < -0.39 is 0 Å². The summed E-state index contributed by atoms with van der Waals surface area (Å²) in [7, 11) is 0. The lowest BCUT2D eigenvalue weighted by atomic mass is 10.3. The van der Waals surface area contributed by atoms with Gasteiger partial charge in [-0.1, -0.05) is 13.0 Å². The van der Waals surface area contributed by atoms with Crippen LogP contribution in [0.3, 0.4) is 0 Å². The normalized spacial score (nSPS) is 10.2. The molecule has 2 aromatic rings. The molecule has 3 nitrogen and oxygen atoms in total. The largest absolute Gasteiger partial charge is 0.370 e. The fraction of sp³-hybridized carbons (Fsp3) is 0.267. The highest BCUT2D eigenvalue weighted by Crippen LogP contribution is 2.20. The molecule has 19 heavy (non-hydrogen) atoms. The molecule has 0 aliphatic carbocycles. The number of aromatic nitrogens is 1. The predicted octanol–water partition coefficient (Wildman–Crippen LogP) is 4.37. The standard InChI is InChI=1S/C15H19N3S/c1-3-11-16-14-5-4-6-15(18-14)17-12-7-9-13(19-2)10-8-12/h4-10H,3,11H2,1-2H3,(H2,16,17,18). The topological polar surface area (TPSA) is 37.0 Å². The van der Waals surface area contributed by atoms with Gasteiger partial charge in [-0.2, -0.15) is 0 Å². The highest BCUT2D eigenvalue weighted by Gasteiger charge is 1.98. The summed E-state index contributed by atoms with van der Waals surface area (Å²) in [6, 6.07) is 14.3. The average Bonchev–Trinajstić information content (AvgIpc) is 2.46. The summed E-state index contributed by atoms with van der Waals surface area (Å²) >= 11 is 1.74. The zero-order chi connectivity index (χ0) is 13.5. The van der Waals surface area contributed by atoms with Crippen LogP contribution in [0.2, 0.25) is 0 Å². The molecule has 0 saturated carbocycles. The van der Waals surface area contributed by atoms with Gasteiger partial charge >= 0.3 is 0 Å². The number of benzene rings is 1. The van der Waals surface area contributed by atoms with Crippen LogP contribution in [0.15, 0.2) is 47.4 Å². The van der Waals surface area contributed by atoms with Crippen molar-refractivity contribution in [3.63, 3.8) is 0 Å². The van der Waals surface area contributed by atoms with E-state index in [0.29, 0.717) is 0 Å². The minimum atomic E-state index is 0.859. The molecule has 0 bridgehead atoms. The van der Waals surface area contributed by atoms with Gasteiger partial charge in [-0.3, -0.25) is 0 Å². The minimum absolute atomic E-state index is 0.859. The van der Waals surface area contributed by atoms with Gasteiger partial charge in [0.15, 0.2) is 0 Å². The molecule has 1 aromatic carbocycles. The monoisotopic (exact) mass is 273 g/mol. The molecular weight excluding hydrogens is 254 g/mol. The Labute approximate surface area is 118 Å². The maximum Gasteiger partial charge on any atom is 0.132 e. The first kappa shape index (κ1) is 13.7. The van der Waals surface area contributed by atoms with Crippen molar-refractivity contribution in [1.82, 2.24) is 4.98 Å². The Kier molecular flexibility index (Phi) is 5.10. The number of hydrogen-bond donors (Lipinski definition) is 2. The number of pyridine rings is 1. The number of nitrogens with zero attached hydrogens (tertiary/aromatic N) is 1. The highest BCUT2D eigenvalue weighted by atomic mass is 32.2. The van der Waals surface area contributed by atoms with E-state index in [-0.39, 0.29) is 0 Å². The molecule has 2 rings (SSSR count). The van der Waals surface area contributed by atoms with Gasteiger partial charge in [-0.05, 0) is 49.1 Å². The lowest BCUT2D eigenvalue weighted by molar-refractivity contribution is 0.970. The van der Waals surface area contributed by atoms with Crippen molar-refractivity contribution >= 4 is 29.1 Å². The lowest BCUT2D eigenvalue weighted by Gasteiger charge is -2.09. The summed E-state index contributed by atoms with van der Waals surface area (Å²) in [4.78, 5) is 5.78. The lowest BCUT2D eigenvalue weighted by Crippen LogP contribution is -2.03. The zero-order valence-corrected chi connectivity index (χ0v) is 12.1. The Morgan fingerprint density at radius 2 is 1.79 bits per heavy atom. The number of thioether (sulfide) groups is 1. The fourth-order valence-electron chi connectivity index (χ4n) is 1.68. The molecule has 100 valence electrons. The molecule has 0 radical (unpaired) electrons. The third-order valence-corrected chi connectivity index (χ3v) is 3.41. The van der Waals surface area contributed by atoms with Gasteiger partial charge in [0.25, 0.3) is 0 Å². The van der Waals surface area contributed by atoms with Crippen LogP contribution < -0.4 is 10.6 Å². The van der Waals surface area contributed by atoms with Crippen molar-refractivity contribution in [3.05, 3.63) is 42.5 Å². The Hall–Kier alpha value is -1.68. The molecule has 1 heterocycles. The van der Waals surface area contributed by atoms with Crippen molar-refractivity contribution in [2.45, 2.75) is 18.2 Å². The van der Waals surface area contributed by atoms with Crippen LogP contribution in [0.4, 0.5) is 17.3 Å². The van der Waals surface area contributed by atoms with E-state index >= 15 is 0 Å². The van der Waals surface area contributed by atoms with Gasteiger partial charge in [-0.15, -0.1) is 11.8 Å². The van der Waals surface area contributed by atoms with Gasteiger partial charge < -0.3 is 10.6 Å². The third-order valence-electron chi connectivity index (χ3n) is 2.67. The van der Waals surface area contributed by atoms with Gasteiger partial charge in [0.2, 0.25) is 0 Å². The summed E-state index contributed by atoms with van der Waals surface area (Å²) in [5.74, 6) is 1.77. The second kappa shape index (κ2) is 7.04. The van der Waals surface area contributed by atoms with Crippen LogP contribution in [0.25, 0.3) is 0 Å². The SMILES string of the molecule is CCCNc1cccc(Nc2ccc(SC)cc2)n1. The maximum absolute atomic E-state index is 4.52. The first-order chi connectivity index (χ1) is 9.31. The van der Waals surface area contributed by atoms with Crippen LogP contribution in [-0.4, -0.2) is 17.8 Å². The highest BCUT2D eigenvalue weighted by molar-refractivity contribution is 7.98. The van der Waals surface area contributed by atoms with Gasteiger partial charge in [0, 0.05) is 17.1 Å². The van der Waals surface area contributed by atoms with Crippen molar-refractivity contribution < 1.29 is 0 Å². The second-order valence-corrected chi connectivity index (χ2v) is 5.07. The minimum Gasteiger partial charge on any atom is -0.370 e. The van der Waals surface area contributed by atoms with E-state index in [2.05, 4.69) is 53.1 Å². The molecule has 0 unspecified atom stereocenters. The van der Waals surface area contributed by atoms with Crippen LogP contribution in [0, 0.1) is 0 Å². The molecular formula is C15H19N3S.